The highest BCUT2D eigenvalue weighted by Crippen LogP contribution is 2.31. The summed E-state index contributed by atoms with van der Waals surface area (Å²) >= 11 is 0. The molecule has 3 atom stereocenters. The van der Waals surface area contributed by atoms with Crippen LogP contribution in [0, 0.1) is 6.92 Å². The zero-order valence-electron chi connectivity index (χ0n) is 14.7. The number of amides is 2. The number of aryl methyl sites for hydroxylation is 1. The first kappa shape index (κ1) is 17.0. The maximum absolute atomic E-state index is 13.1. The van der Waals surface area contributed by atoms with E-state index in [0.717, 1.165) is 36.9 Å². The summed E-state index contributed by atoms with van der Waals surface area (Å²) in [5.41, 5.74) is 2.09. The minimum absolute atomic E-state index is 0.00660. The molecule has 2 saturated heterocycles. The zero-order chi connectivity index (χ0) is 17.3. The Morgan fingerprint density at radius 2 is 1.92 bits per heavy atom. The second-order valence-electron chi connectivity index (χ2n) is 6.97. The van der Waals surface area contributed by atoms with Crippen LogP contribution in [0.3, 0.4) is 0 Å². The molecule has 3 rings (SSSR count). The van der Waals surface area contributed by atoms with Gasteiger partial charge in [-0.05, 0) is 38.7 Å². The Balaban J connectivity index is 1.89. The van der Waals surface area contributed by atoms with E-state index in [0.29, 0.717) is 0 Å². The van der Waals surface area contributed by atoms with E-state index in [2.05, 4.69) is 6.92 Å². The Bertz CT molecular complexity index is 614. The van der Waals surface area contributed by atoms with Crippen LogP contribution in [0.5, 0.6) is 0 Å². The molecule has 5 nitrogen and oxygen atoms in total. The van der Waals surface area contributed by atoms with Gasteiger partial charge in [-0.1, -0.05) is 29.8 Å². The molecule has 24 heavy (non-hydrogen) atoms. The first-order valence-corrected chi connectivity index (χ1v) is 8.73. The molecular weight excluding hydrogens is 304 g/mol. The molecule has 0 aromatic heterocycles. The van der Waals surface area contributed by atoms with Crippen LogP contribution in [0.4, 0.5) is 0 Å². The lowest BCUT2D eigenvalue weighted by Gasteiger charge is -2.42. The molecule has 0 saturated carbocycles. The third-order valence-electron chi connectivity index (χ3n) is 5.23. The molecule has 2 aliphatic rings. The van der Waals surface area contributed by atoms with Gasteiger partial charge < -0.3 is 14.5 Å². The van der Waals surface area contributed by atoms with Gasteiger partial charge in [0.1, 0.15) is 6.61 Å². The van der Waals surface area contributed by atoms with E-state index in [1.807, 2.05) is 36.1 Å². The fourth-order valence-corrected chi connectivity index (χ4v) is 3.67. The lowest BCUT2D eigenvalue weighted by atomic mass is 9.94. The first-order valence-electron chi connectivity index (χ1n) is 8.73. The van der Waals surface area contributed by atoms with Crippen molar-refractivity contribution in [2.24, 2.45) is 0 Å². The van der Waals surface area contributed by atoms with Crippen molar-refractivity contribution in [2.45, 2.75) is 51.3 Å². The largest absolute Gasteiger partial charge is 0.356 e. The van der Waals surface area contributed by atoms with Crippen LogP contribution in [0.1, 0.15) is 43.4 Å². The number of hydrogen-bond acceptors (Lipinski definition) is 3. The number of hydrogen-bond donors (Lipinski definition) is 0. The number of carbonyl (C=O) groups excluding carboxylic acids is 2. The fraction of sp³-hybridized carbons (Fsp3) is 0.579. The van der Waals surface area contributed by atoms with E-state index in [9.17, 15) is 9.59 Å². The molecule has 0 unspecified atom stereocenters. The normalized spacial score (nSPS) is 28.1. The summed E-state index contributed by atoms with van der Waals surface area (Å²) in [5.74, 6) is -0.0801. The number of nitrogens with zero attached hydrogens (tertiary/aromatic N) is 2. The number of morpholine rings is 1. The van der Waals surface area contributed by atoms with Gasteiger partial charge in [0, 0.05) is 19.6 Å². The van der Waals surface area contributed by atoms with Gasteiger partial charge in [-0.3, -0.25) is 9.59 Å². The smallest absolute Gasteiger partial charge is 0.254 e. The summed E-state index contributed by atoms with van der Waals surface area (Å²) in [4.78, 5) is 28.8. The molecule has 1 aromatic carbocycles. The van der Waals surface area contributed by atoms with Crippen molar-refractivity contribution in [2.75, 3.05) is 20.2 Å². The van der Waals surface area contributed by atoms with E-state index in [1.165, 1.54) is 0 Å². The fourth-order valence-electron chi connectivity index (χ4n) is 3.67. The van der Waals surface area contributed by atoms with Crippen LogP contribution in [-0.2, 0) is 14.3 Å². The molecular formula is C19H26N2O3. The SMILES string of the molecule is Cc1ccc([C@@H]2[C@@H](C(=O)N3CCCC[C@@H]3C)OCC(=O)N2C)cc1. The molecule has 130 valence electrons. The van der Waals surface area contributed by atoms with Crippen molar-refractivity contribution >= 4 is 11.8 Å². The molecule has 5 heteroatoms. The van der Waals surface area contributed by atoms with Gasteiger partial charge in [-0.15, -0.1) is 0 Å². The molecule has 0 spiro atoms. The number of rotatable bonds is 2. The Labute approximate surface area is 143 Å². The molecule has 1 aromatic rings. The standard InChI is InChI=1S/C19H26N2O3/c1-13-7-9-15(10-8-13)17-18(24-12-16(22)20(17)3)19(23)21-11-5-4-6-14(21)2/h7-10,14,17-18H,4-6,11-12H2,1-3H3/t14-,17+,18-/m0/s1. The summed E-state index contributed by atoms with van der Waals surface area (Å²) in [6.07, 6.45) is 2.60. The van der Waals surface area contributed by atoms with Crippen LogP contribution in [0.25, 0.3) is 0 Å². The maximum Gasteiger partial charge on any atom is 0.254 e. The lowest BCUT2D eigenvalue weighted by Crippen LogP contribution is -2.56. The molecule has 0 radical (unpaired) electrons. The van der Waals surface area contributed by atoms with Crippen molar-refractivity contribution in [1.29, 1.82) is 0 Å². The minimum atomic E-state index is -0.629. The van der Waals surface area contributed by atoms with E-state index < -0.39 is 6.10 Å². The summed E-state index contributed by atoms with van der Waals surface area (Å²) in [6.45, 7) is 4.86. The average Bonchev–Trinajstić information content (AvgIpc) is 2.58. The Kier molecular flexibility index (Phi) is 4.90. The monoisotopic (exact) mass is 330 g/mol. The van der Waals surface area contributed by atoms with Crippen LogP contribution >= 0.6 is 0 Å². The summed E-state index contributed by atoms with van der Waals surface area (Å²) in [6, 6.07) is 7.85. The summed E-state index contributed by atoms with van der Waals surface area (Å²) in [5, 5.41) is 0. The van der Waals surface area contributed by atoms with Crippen molar-refractivity contribution in [3.63, 3.8) is 0 Å². The molecule has 0 bridgehead atoms. The van der Waals surface area contributed by atoms with E-state index in [-0.39, 0.29) is 30.5 Å². The molecule has 2 fully saturated rings. The molecule has 2 aliphatic heterocycles. The van der Waals surface area contributed by atoms with E-state index in [1.54, 1.807) is 11.9 Å². The molecule has 0 aliphatic carbocycles. The Hall–Kier alpha value is -1.88. The Morgan fingerprint density at radius 3 is 2.58 bits per heavy atom. The minimum Gasteiger partial charge on any atom is -0.356 e. The number of ether oxygens (including phenoxy) is 1. The number of likely N-dealkylation sites (N-methyl/N-ethyl adjacent to an activating group) is 1. The van der Waals surface area contributed by atoms with Crippen molar-refractivity contribution in [3.05, 3.63) is 35.4 Å². The predicted octanol–water partition coefficient (Wildman–Crippen LogP) is 2.29. The molecule has 2 heterocycles. The number of benzene rings is 1. The van der Waals surface area contributed by atoms with Gasteiger partial charge in [0.15, 0.2) is 6.10 Å². The van der Waals surface area contributed by atoms with E-state index in [4.69, 9.17) is 4.74 Å². The van der Waals surface area contributed by atoms with Crippen molar-refractivity contribution in [3.8, 4) is 0 Å². The van der Waals surface area contributed by atoms with Crippen molar-refractivity contribution < 1.29 is 14.3 Å². The quantitative estimate of drug-likeness (QED) is 0.836. The summed E-state index contributed by atoms with van der Waals surface area (Å²) < 4.78 is 5.74. The third-order valence-corrected chi connectivity index (χ3v) is 5.23. The van der Waals surface area contributed by atoms with Gasteiger partial charge >= 0.3 is 0 Å². The van der Waals surface area contributed by atoms with Gasteiger partial charge in [-0.2, -0.15) is 0 Å². The molecule has 0 N–H and O–H groups in total. The predicted molar refractivity (Wildman–Crippen MR) is 91.5 cm³/mol. The highest BCUT2D eigenvalue weighted by atomic mass is 16.5. The zero-order valence-corrected chi connectivity index (χ0v) is 14.7. The highest BCUT2D eigenvalue weighted by Gasteiger charge is 2.42. The number of carbonyl (C=O) groups is 2. The second kappa shape index (κ2) is 6.93. The van der Waals surface area contributed by atoms with Crippen LogP contribution in [0.15, 0.2) is 24.3 Å². The number of piperidine rings is 1. The van der Waals surface area contributed by atoms with Gasteiger partial charge in [0.05, 0.1) is 6.04 Å². The van der Waals surface area contributed by atoms with Crippen LogP contribution in [-0.4, -0.2) is 54.0 Å². The Morgan fingerprint density at radius 1 is 1.21 bits per heavy atom. The van der Waals surface area contributed by atoms with E-state index >= 15 is 0 Å². The average molecular weight is 330 g/mol. The third kappa shape index (κ3) is 3.18. The number of likely N-dealkylation sites (tertiary alicyclic amines) is 1. The summed E-state index contributed by atoms with van der Waals surface area (Å²) in [7, 11) is 1.76. The first-order chi connectivity index (χ1) is 11.5. The highest BCUT2D eigenvalue weighted by molar-refractivity contribution is 5.86. The van der Waals surface area contributed by atoms with Crippen LogP contribution in [0.2, 0.25) is 0 Å². The van der Waals surface area contributed by atoms with Gasteiger partial charge in [0.25, 0.3) is 5.91 Å². The lowest BCUT2D eigenvalue weighted by molar-refractivity contribution is -0.169. The maximum atomic E-state index is 13.1. The van der Waals surface area contributed by atoms with Gasteiger partial charge in [-0.25, -0.2) is 0 Å². The molecule has 2 amide bonds. The van der Waals surface area contributed by atoms with Crippen molar-refractivity contribution in [1.82, 2.24) is 9.80 Å². The second-order valence-corrected chi connectivity index (χ2v) is 6.97. The van der Waals surface area contributed by atoms with Gasteiger partial charge in [0.2, 0.25) is 5.91 Å². The topological polar surface area (TPSA) is 49.9 Å². The van der Waals surface area contributed by atoms with Crippen LogP contribution < -0.4 is 0 Å².